The lowest BCUT2D eigenvalue weighted by Crippen LogP contribution is -2.51. The van der Waals surface area contributed by atoms with Gasteiger partial charge in [0, 0.05) is 12.8 Å². The Balaban J connectivity index is 1.32. The Kier molecular flexibility index (Phi) is 5.21. The van der Waals surface area contributed by atoms with Crippen molar-refractivity contribution in [3.63, 3.8) is 0 Å². The first-order chi connectivity index (χ1) is 13.6. The maximum atomic E-state index is 12.4. The summed E-state index contributed by atoms with van der Waals surface area (Å²) in [6.45, 7) is 2.01. The zero-order chi connectivity index (χ0) is 20.8. The van der Waals surface area contributed by atoms with Crippen molar-refractivity contribution >= 4 is 21.7 Å². The molecular weight excluding hydrogens is 390 g/mol. The molecule has 4 bridgehead atoms. The van der Waals surface area contributed by atoms with E-state index in [0.717, 1.165) is 24.0 Å². The summed E-state index contributed by atoms with van der Waals surface area (Å²) in [6.07, 6.45) is 8.78. The van der Waals surface area contributed by atoms with Gasteiger partial charge < -0.3 is 10.1 Å². The highest BCUT2D eigenvalue weighted by molar-refractivity contribution is 7.90. The number of ether oxygens (including phenoxy) is 1. The highest BCUT2D eigenvalue weighted by Gasteiger charge is 2.50. The Labute approximate surface area is 172 Å². The van der Waals surface area contributed by atoms with Crippen LogP contribution in [0.3, 0.4) is 0 Å². The molecule has 4 fully saturated rings. The molecule has 4 aliphatic rings. The van der Waals surface area contributed by atoms with Gasteiger partial charge in [-0.25, -0.2) is 13.2 Å². The molecule has 0 saturated heterocycles. The van der Waals surface area contributed by atoms with Crippen molar-refractivity contribution in [3.05, 3.63) is 29.3 Å². The molecule has 0 aromatic heterocycles. The molecule has 7 heteroatoms. The summed E-state index contributed by atoms with van der Waals surface area (Å²) in [5.41, 5.74) is 1.01. The van der Waals surface area contributed by atoms with E-state index in [2.05, 4.69) is 5.32 Å². The number of rotatable bonds is 6. The number of aryl methyl sites for hydroxylation is 1. The van der Waals surface area contributed by atoms with Crippen molar-refractivity contribution in [1.29, 1.82) is 0 Å². The van der Waals surface area contributed by atoms with Gasteiger partial charge in [-0.3, -0.25) is 4.79 Å². The average molecular weight is 420 g/mol. The zero-order valence-corrected chi connectivity index (χ0v) is 17.9. The number of carbonyl (C=O) groups is 2. The highest BCUT2D eigenvalue weighted by Crippen LogP contribution is 2.59. The number of carbonyl (C=O) groups excluding carboxylic acids is 2. The maximum Gasteiger partial charge on any atom is 0.338 e. The predicted molar refractivity (Wildman–Crippen MR) is 108 cm³/mol. The van der Waals surface area contributed by atoms with E-state index in [-0.39, 0.29) is 28.4 Å². The van der Waals surface area contributed by atoms with E-state index in [1.165, 1.54) is 50.7 Å². The smallest absolute Gasteiger partial charge is 0.338 e. The van der Waals surface area contributed by atoms with Gasteiger partial charge in [-0.05, 0) is 86.3 Å². The van der Waals surface area contributed by atoms with E-state index in [9.17, 15) is 18.0 Å². The summed E-state index contributed by atoms with van der Waals surface area (Å²) < 4.78 is 28.6. The molecule has 6 nitrogen and oxygen atoms in total. The highest BCUT2D eigenvalue weighted by atomic mass is 32.2. The quantitative estimate of drug-likeness (QED) is 0.716. The Morgan fingerprint density at radius 2 is 1.69 bits per heavy atom. The number of amides is 1. The monoisotopic (exact) mass is 419 g/mol. The normalized spacial score (nSPS) is 30.2. The Bertz CT molecular complexity index is 901. The minimum absolute atomic E-state index is 0.0568. The Morgan fingerprint density at radius 1 is 1.10 bits per heavy atom. The molecule has 1 N–H and O–H groups in total. The van der Waals surface area contributed by atoms with E-state index in [0.29, 0.717) is 12.1 Å². The lowest BCUT2D eigenvalue weighted by molar-refractivity contribution is -0.126. The molecular formula is C22H29NO5S. The second-order valence-electron chi connectivity index (χ2n) is 9.52. The Hall–Kier alpha value is -1.89. The van der Waals surface area contributed by atoms with Crippen LogP contribution in [0.1, 0.15) is 54.4 Å². The molecule has 0 radical (unpaired) electrons. The molecule has 1 amide bonds. The van der Waals surface area contributed by atoms with Crippen molar-refractivity contribution in [2.45, 2.75) is 50.3 Å². The van der Waals surface area contributed by atoms with Crippen LogP contribution >= 0.6 is 0 Å². The molecule has 0 unspecified atom stereocenters. The molecule has 1 aromatic rings. The molecule has 4 aliphatic carbocycles. The van der Waals surface area contributed by atoms with Crippen LogP contribution in [0.5, 0.6) is 0 Å². The minimum atomic E-state index is -3.42. The van der Waals surface area contributed by atoms with Crippen LogP contribution in [0.25, 0.3) is 0 Å². The molecule has 5 rings (SSSR count). The van der Waals surface area contributed by atoms with Crippen molar-refractivity contribution in [2.75, 3.05) is 19.4 Å². The first kappa shape index (κ1) is 20.4. The lowest BCUT2D eigenvalue weighted by Gasteiger charge is -2.56. The fourth-order valence-electron chi connectivity index (χ4n) is 6.10. The largest absolute Gasteiger partial charge is 0.452 e. The van der Waals surface area contributed by atoms with Gasteiger partial charge in [0.1, 0.15) is 0 Å². The summed E-state index contributed by atoms with van der Waals surface area (Å²) in [7, 11) is -3.42. The summed E-state index contributed by atoms with van der Waals surface area (Å²) >= 11 is 0. The number of sulfone groups is 1. The van der Waals surface area contributed by atoms with Gasteiger partial charge in [0.2, 0.25) is 0 Å². The standard InChI is InChI=1S/C22H29NO5S/c1-14-3-4-18(29(2,26)27)8-19(14)21(25)28-12-20(24)23-13-22-9-15-5-16(10-22)7-17(6-15)11-22/h3-4,8,15-17H,5-7,9-13H2,1-2H3,(H,23,24). The molecule has 0 aliphatic heterocycles. The molecule has 29 heavy (non-hydrogen) atoms. The van der Waals surface area contributed by atoms with Crippen LogP contribution in [-0.4, -0.2) is 39.7 Å². The van der Waals surface area contributed by atoms with Crippen molar-refractivity contribution < 1.29 is 22.7 Å². The summed E-state index contributed by atoms with van der Waals surface area (Å²) in [4.78, 5) is 24.7. The maximum absolute atomic E-state index is 12.4. The molecule has 158 valence electrons. The van der Waals surface area contributed by atoms with E-state index in [1.54, 1.807) is 13.0 Å². The van der Waals surface area contributed by atoms with Crippen LogP contribution in [0, 0.1) is 30.1 Å². The number of benzene rings is 1. The topological polar surface area (TPSA) is 89.5 Å². The van der Waals surface area contributed by atoms with Gasteiger partial charge in [-0.15, -0.1) is 0 Å². The molecule has 0 spiro atoms. The van der Waals surface area contributed by atoms with E-state index >= 15 is 0 Å². The second-order valence-corrected chi connectivity index (χ2v) is 11.5. The number of hydrogen-bond acceptors (Lipinski definition) is 5. The van der Waals surface area contributed by atoms with Crippen LogP contribution in [0.2, 0.25) is 0 Å². The van der Waals surface area contributed by atoms with Gasteiger partial charge in [-0.1, -0.05) is 6.07 Å². The first-order valence-electron chi connectivity index (χ1n) is 10.4. The fourth-order valence-corrected chi connectivity index (χ4v) is 6.75. The van der Waals surface area contributed by atoms with E-state index in [1.807, 2.05) is 0 Å². The van der Waals surface area contributed by atoms with Gasteiger partial charge in [-0.2, -0.15) is 0 Å². The van der Waals surface area contributed by atoms with Crippen LogP contribution < -0.4 is 5.32 Å². The third kappa shape index (κ3) is 4.34. The van der Waals surface area contributed by atoms with Crippen LogP contribution in [0.15, 0.2) is 23.1 Å². The number of hydrogen-bond donors (Lipinski definition) is 1. The minimum Gasteiger partial charge on any atom is -0.452 e. The molecule has 0 heterocycles. The van der Waals surface area contributed by atoms with Crippen molar-refractivity contribution in [3.8, 4) is 0 Å². The van der Waals surface area contributed by atoms with Crippen molar-refractivity contribution in [2.24, 2.45) is 23.2 Å². The van der Waals surface area contributed by atoms with E-state index < -0.39 is 15.8 Å². The third-order valence-electron chi connectivity index (χ3n) is 7.02. The second kappa shape index (κ2) is 7.42. The number of nitrogens with one attached hydrogen (secondary N) is 1. The molecule has 4 saturated carbocycles. The van der Waals surface area contributed by atoms with Crippen LogP contribution in [0.4, 0.5) is 0 Å². The number of esters is 1. The van der Waals surface area contributed by atoms with E-state index in [4.69, 9.17) is 4.74 Å². The van der Waals surface area contributed by atoms with Gasteiger partial charge in [0.15, 0.2) is 16.4 Å². The Morgan fingerprint density at radius 3 is 2.24 bits per heavy atom. The molecule has 1 aromatic carbocycles. The predicted octanol–water partition coefficient (Wildman–Crippen LogP) is 2.89. The third-order valence-corrected chi connectivity index (χ3v) is 8.13. The summed E-state index contributed by atoms with van der Waals surface area (Å²) in [5.74, 6) is 1.48. The van der Waals surface area contributed by atoms with Gasteiger partial charge in [0.05, 0.1) is 10.5 Å². The van der Waals surface area contributed by atoms with Gasteiger partial charge >= 0.3 is 5.97 Å². The van der Waals surface area contributed by atoms with Gasteiger partial charge in [0.25, 0.3) is 5.91 Å². The average Bonchev–Trinajstić information content (AvgIpc) is 2.63. The van der Waals surface area contributed by atoms with Crippen molar-refractivity contribution in [1.82, 2.24) is 5.32 Å². The lowest BCUT2D eigenvalue weighted by atomic mass is 9.49. The summed E-state index contributed by atoms with van der Waals surface area (Å²) in [6, 6.07) is 4.33. The fraction of sp³-hybridized carbons (Fsp3) is 0.636. The van der Waals surface area contributed by atoms with Crippen LogP contribution in [-0.2, 0) is 19.4 Å². The SMILES string of the molecule is Cc1ccc(S(C)(=O)=O)cc1C(=O)OCC(=O)NCC12CC3CC(CC(C3)C1)C2. The zero-order valence-electron chi connectivity index (χ0n) is 17.1. The summed E-state index contributed by atoms with van der Waals surface area (Å²) in [5, 5.41) is 2.98. The molecule has 0 atom stereocenters. The first-order valence-corrected chi connectivity index (χ1v) is 12.3.